The second-order valence-corrected chi connectivity index (χ2v) is 4.21. The van der Waals surface area contributed by atoms with Gasteiger partial charge in [0.2, 0.25) is 0 Å². The van der Waals surface area contributed by atoms with Crippen molar-refractivity contribution >= 4 is 16.5 Å². The molecule has 2 nitrogen and oxygen atoms in total. The summed E-state index contributed by atoms with van der Waals surface area (Å²) in [7, 11) is -2.43. The number of hydrogen-bond acceptors (Lipinski definition) is 2. The highest BCUT2D eigenvalue weighted by atomic mass is 32.2. The lowest BCUT2D eigenvalue weighted by atomic mass is 10.3. The van der Waals surface area contributed by atoms with Crippen LogP contribution in [0.3, 0.4) is 0 Å². The maximum absolute atomic E-state index is 13.0. The normalized spacial score (nSPS) is 13.9. The summed E-state index contributed by atoms with van der Waals surface area (Å²) in [6, 6.07) is 3.03. The highest BCUT2D eigenvalue weighted by molar-refractivity contribution is 7.85. The van der Waals surface area contributed by atoms with Gasteiger partial charge in [-0.2, -0.15) is 13.2 Å². The van der Waals surface area contributed by atoms with Crippen molar-refractivity contribution in [1.82, 2.24) is 0 Å². The summed E-state index contributed by atoms with van der Waals surface area (Å²) in [4.78, 5) is -0.485. The molecule has 0 saturated heterocycles. The Morgan fingerprint density at radius 3 is 2.40 bits per heavy atom. The summed E-state index contributed by atoms with van der Waals surface area (Å²) in [6.45, 7) is 0. The smallest absolute Gasteiger partial charge is 0.399 e. The molecule has 1 aromatic carbocycles. The zero-order valence-electron chi connectivity index (χ0n) is 7.34. The van der Waals surface area contributed by atoms with Gasteiger partial charge < -0.3 is 5.73 Å². The van der Waals surface area contributed by atoms with Gasteiger partial charge in [0.25, 0.3) is 0 Å². The Morgan fingerprint density at radius 2 is 1.93 bits per heavy atom. The SMILES string of the molecule is Nc1ccc(S(=O)CC(F)(F)F)c(F)c1. The second kappa shape index (κ2) is 4.18. The monoisotopic (exact) mass is 241 g/mol. The van der Waals surface area contributed by atoms with Crippen molar-refractivity contribution in [3.05, 3.63) is 24.0 Å². The lowest BCUT2D eigenvalue weighted by molar-refractivity contribution is -0.105. The minimum Gasteiger partial charge on any atom is -0.399 e. The van der Waals surface area contributed by atoms with E-state index in [4.69, 9.17) is 5.73 Å². The van der Waals surface area contributed by atoms with Crippen molar-refractivity contribution in [3.8, 4) is 0 Å². The molecule has 0 aliphatic heterocycles. The standard InChI is InChI=1S/C8H7F4NOS/c9-6-3-5(13)1-2-7(6)15(14)4-8(10,11)12/h1-3H,4,13H2. The summed E-state index contributed by atoms with van der Waals surface area (Å²) < 4.78 is 59.7. The molecule has 2 N–H and O–H groups in total. The molecule has 1 unspecified atom stereocenters. The summed E-state index contributed by atoms with van der Waals surface area (Å²) in [5, 5.41) is 0. The summed E-state index contributed by atoms with van der Waals surface area (Å²) in [5.41, 5.74) is 5.26. The third kappa shape index (κ3) is 3.50. The highest BCUT2D eigenvalue weighted by Crippen LogP contribution is 2.22. The van der Waals surface area contributed by atoms with Crippen LogP contribution in [0, 0.1) is 5.82 Å². The predicted octanol–water partition coefficient (Wildman–Crippen LogP) is 2.08. The molecule has 84 valence electrons. The zero-order valence-corrected chi connectivity index (χ0v) is 8.16. The molecule has 0 amide bonds. The van der Waals surface area contributed by atoms with Crippen LogP contribution in [0.15, 0.2) is 23.1 Å². The number of halogens is 4. The van der Waals surface area contributed by atoms with Crippen LogP contribution in [0.2, 0.25) is 0 Å². The number of anilines is 1. The molecule has 0 fully saturated rings. The molecule has 1 rings (SSSR count). The second-order valence-electron chi connectivity index (χ2n) is 2.79. The molecular weight excluding hydrogens is 234 g/mol. The van der Waals surface area contributed by atoms with Gasteiger partial charge in [0.1, 0.15) is 11.6 Å². The van der Waals surface area contributed by atoms with Gasteiger partial charge in [-0.25, -0.2) is 4.39 Å². The van der Waals surface area contributed by atoms with Crippen LogP contribution in [0.1, 0.15) is 0 Å². The van der Waals surface area contributed by atoms with E-state index in [0.717, 1.165) is 12.1 Å². The lowest BCUT2D eigenvalue weighted by Gasteiger charge is -2.07. The molecule has 0 radical (unpaired) electrons. The number of alkyl halides is 3. The highest BCUT2D eigenvalue weighted by Gasteiger charge is 2.31. The summed E-state index contributed by atoms with van der Waals surface area (Å²) >= 11 is 0. The maximum Gasteiger partial charge on any atom is 0.400 e. The van der Waals surface area contributed by atoms with Crippen molar-refractivity contribution < 1.29 is 21.8 Å². The molecule has 0 aliphatic carbocycles. The Morgan fingerprint density at radius 1 is 1.33 bits per heavy atom. The van der Waals surface area contributed by atoms with Gasteiger partial charge in [0.05, 0.1) is 15.7 Å². The number of benzene rings is 1. The average molecular weight is 241 g/mol. The first-order chi connectivity index (χ1) is 6.79. The molecule has 0 aromatic heterocycles. The molecule has 1 atom stereocenters. The average Bonchev–Trinajstić information content (AvgIpc) is 1.99. The Bertz CT molecular complexity index is 391. The molecule has 0 bridgehead atoms. The minimum atomic E-state index is -4.58. The largest absolute Gasteiger partial charge is 0.400 e. The fourth-order valence-electron chi connectivity index (χ4n) is 0.928. The molecule has 0 saturated carbocycles. The lowest BCUT2D eigenvalue weighted by Crippen LogP contribution is -2.19. The van der Waals surface area contributed by atoms with Crippen molar-refractivity contribution in [2.75, 3.05) is 11.5 Å². The van der Waals surface area contributed by atoms with Gasteiger partial charge in [-0.1, -0.05) is 0 Å². The molecule has 0 heterocycles. The molecular formula is C8H7F4NOS. The van der Waals surface area contributed by atoms with Crippen molar-refractivity contribution in [1.29, 1.82) is 0 Å². The first-order valence-electron chi connectivity index (χ1n) is 3.80. The van der Waals surface area contributed by atoms with Gasteiger partial charge >= 0.3 is 6.18 Å². The van der Waals surface area contributed by atoms with E-state index in [2.05, 4.69) is 0 Å². The number of hydrogen-bond donors (Lipinski definition) is 1. The number of rotatable bonds is 2. The fraction of sp³-hybridized carbons (Fsp3) is 0.250. The number of nitrogen functional groups attached to an aromatic ring is 1. The Hall–Kier alpha value is -1.11. The topological polar surface area (TPSA) is 43.1 Å². The number of nitrogens with two attached hydrogens (primary N) is 1. The molecule has 0 aliphatic rings. The van der Waals surface area contributed by atoms with E-state index >= 15 is 0 Å². The van der Waals surface area contributed by atoms with Gasteiger partial charge in [-0.3, -0.25) is 4.21 Å². The van der Waals surface area contributed by atoms with Crippen molar-refractivity contribution in [2.24, 2.45) is 0 Å². The van der Waals surface area contributed by atoms with E-state index in [-0.39, 0.29) is 5.69 Å². The van der Waals surface area contributed by atoms with Crippen LogP contribution in [-0.4, -0.2) is 16.1 Å². The molecule has 15 heavy (non-hydrogen) atoms. The predicted molar refractivity (Wildman–Crippen MR) is 48.1 cm³/mol. The summed E-state index contributed by atoms with van der Waals surface area (Å²) in [5.74, 6) is -2.55. The van der Waals surface area contributed by atoms with Gasteiger partial charge in [0, 0.05) is 5.69 Å². The third-order valence-corrected chi connectivity index (χ3v) is 2.91. The van der Waals surface area contributed by atoms with Gasteiger partial charge in [-0.05, 0) is 18.2 Å². The van der Waals surface area contributed by atoms with E-state index < -0.39 is 33.4 Å². The van der Waals surface area contributed by atoms with Crippen LogP contribution in [0.4, 0.5) is 23.2 Å². The first-order valence-corrected chi connectivity index (χ1v) is 5.11. The van der Waals surface area contributed by atoms with Crippen molar-refractivity contribution in [2.45, 2.75) is 11.1 Å². The van der Waals surface area contributed by atoms with E-state index in [0.29, 0.717) is 0 Å². The Balaban J connectivity index is 2.92. The van der Waals surface area contributed by atoms with Gasteiger partial charge in [0.15, 0.2) is 0 Å². The van der Waals surface area contributed by atoms with E-state index in [9.17, 15) is 21.8 Å². The molecule has 7 heteroatoms. The molecule has 0 spiro atoms. The van der Waals surface area contributed by atoms with Crippen LogP contribution < -0.4 is 5.73 Å². The van der Waals surface area contributed by atoms with Crippen LogP contribution in [-0.2, 0) is 10.8 Å². The maximum atomic E-state index is 13.0. The van der Waals surface area contributed by atoms with E-state index in [1.54, 1.807) is 0 Å². The van der Waals surface area contributed by atoms with Gasteiger partial charge in [-0.15, -0.1) is 0 Å². The Labute approximate surface area is 85.5 Å². The van der Waals surface area contributed by atoms with Crippen LogP contribution in [0.25, 0.3) is 0 Å². The zero-order chi connectivity index (χ0) is 11.6. The van der Waals surface area contributed by atoms with Crippen molar-refractivity contribution in [3.63, 3.8) is 0 Å². The fourth-order valence-corrected chi connectivity index (χ4v) is 1.88. The molecule has 1 aromatic rings. The first kappa shape index (κ1) is 12.0. The van der Waals surface area contributed by atoms with Crippen LogP contribution >= 0.6 is 0 Å². The minimum absolute atomic E-state index is 0.0697. The van der Waals surface area contributed by atoms with Crippen LogP contribution in [0.5, 0.6) is 0 Å². The third-order valence-electron chi connectivity index (χ3n) is 1.50. The van der Waals surface area contributed by atoms with E-state index in [1.165, 1.54) is 6.07 Å². The Kier molecular flexibility index (Phi) is 3.33. The quantitative estimate of drug-likeness (QED) is 0.636. The summed E-state index contributed by atoms with van der Waals surface area (Å²) in [6.07, 6.45) is -4.58. The van der Waals surface area contributed by atoms with E-state index in [1.807, 2.05) is 0 Å².